The fraction of sp³-hybridized carbons (Fsp3) is 0.562. The quantitative estimate of drug-likeness (QED) is 0.635. The van der Waals surface area contributed by atoms with Crippen LogP contribution in [0, 0.1) is 0 Å². The number of nitrogens with zero attached hydrogens (tertiary/aromatic N) is 1. The largest absolute Gasteiger partial charge is 0.349 e. The fourth-order valence-electron chi connectivity index (χ4n) is 2.77. The van der Waals surface area contributed by atoms with Crippen molar-refractivity contribution < 1.29 is 18.0 Å². The topological polar surface area (TPSA) is 75.7 Å². The van der Waals surface area contributed by atoms with E-state index >= 15 is 0 Å². The molecular formula is C16H23ClN2O4S. The Labute approximate surface area is 148 Å². The molecular weight excluding hydrogens is 352 g/mol. The van der Waals surface area contributed by atoms with Gasteiger partial charge in [-0.25, -0.2) is 8.42 Å². The summed E-state index contributed by atoms with van der Waals surface area (Å²) in [5.74, 6) is -0.282. The van der Waals surface area contributed by atoms with Gasteiger partial charge in [0, 0.05) is 18.7 Å². The van der Waals surface area contributed by atoms with Gasteiger partial charge in [-0.1, -0.05) is 41.8 Å². The molecule has 1 fully saturated rings. The van der Waals surface area contributed by atoms with Crippen LogP contribution in [0.1, 0.15) is 48.9 Å². The Morgan fingerprint density at radius 2 is 1.88 bits per heavy atom. The first-order valence-electron chi connectivity index (χ1n) is 7.99. The Balaban J connectivity index is 2.22. The number of amides is 1. The summed E-state index contributed by atoms with van der Waals surface area (Å²) >= 11 is 6.01. The van der Waals surface area contributed by atoms with E-state index in [0.717, 1.165) is 25.7 Å². The van der Waals surface area contributed by atoms with Gasteiger partial charge < -0.3 is 5.32 Å². The molecule has 0 heterocycles. The summed E-state index contributed by atoms with van der Waals surface area (Å²) < 4.78 is 25.5. The minimum Gasteiger partial charge on any atom is -0.349 e. The molecule has 0 radical (unpaired) electrons. The van der Waals surface area contributed by atoms with Gasteiger partial charge >= 0.3 is 0 Å². The highest BCUT2D eigenvalue weighted by atomic mass is 35.5. The molecule has 1 N–H and O–H groups in total. The van der Waals surface area contributed by atoms with Crippen LogP contribution in [0.25, 0.3) is 0 Å². The molecule has 6 nitrogen and oxygen atoms in total. The van der Waals surface area contributed by atoms with Crippen molar-refractivity contribution in [2.24, 2.45) is 0 Å². The van der Waals surface area contributed by atoms with Crippen LogP contribution in [-0.2, 0) is 14.9 Å². The standard InChI is InChI=1S/C16H23ClN2O4S/c1-19(23-2)24(21,22)15-11-12(9-10-14(15)17)16(20)18-13-7-5-3-4-6-8-13/h9-11,13H,3-8H2,1-2H3,(H,18,20). The molecule has 8 heteroatoms. The zero-order chi connectivity index (χ0) is 17.7. The van der Waals surface area contributed by atoms with E-state index in [1.54, 1.807) is 0 Å². The monoisotopic (exact) mass is 374 g/mol. The minimum atomic E-state index is -3.92. The Morgan fingerprint density at radius 3 is 2.46 bits per heavy atom. The predicted octanol–water partition coefficient (Wildman–Crippen LogP) is 2.97. The van der Waals surface area contributed by atoms with Gasteiger partial charge in [-0.2, -0.15) is 0 Å². The van der Waals surface area contributed by atoms with Crippen molar-refractivity contribution in [3.8, 4) is 0 Å². The second-order valence-electron chi connectivity index (χ2n) is 5.90. The lowest BCUT2D eigenvalue weighted by molar-refractivity contribution is -0.0258. The molecule has 0 aliphatic heterocycles. The van der Waals surface area contributed by atoms with Crippen LogP contribution in [0.3, 0.4) is 0 Å². The highest BCUT2D eigenvalue weighted by molar-refractivity contribution is 7.89. The number of carbonyl (C=O) groups is 1. The van der Waals surface area contributed by atoms with Crippen molar-refractivity contribution in [1.82, 2.24) is 9.79 Å². The average molecular weight is 375 g/mol. The molecule has 24 heavy (non-hydrogen) atoms. The summed E-state index contributed by atoms with van der Waals surface area (Å²) in [5, 5.41) is 3.04. The number of hydrogen-bond acceptors (Lipinski definition) is 4. The Kier molecular flexibility index (Phi) is 6.62. The SMILES string of the molecule is CON(C)S(=O)(=O)c1cc(C(=O)NC2CCCCCC2)ccc1Cl. The lowest BCUT2D eigenvalue weighted by Gasteiger charge is -2.18. The predicted molar refractivity (Wildman–Crippen MR) is 92.4 cm³/mol. The average Bonchev–Trinajstić information content (AvgIpc) is 2.82. The van der Waals surface area contributed by atoms with E-state index < -0.39 is 10.0 Å². The van der Waals surface area contributed by atoms with E-state index in [2.05, 4.69) is 5.32 Å². The van der Waals surface area contributed by atoms with E-state index in [0.29, 0.717) is 4.47 Å². The van der Waals surface area contributed by atoms with Gasteiger partial charge in [0.1, 0.15) is 4.90 Å². The molecule has 1 aromatic rings. The van der Waals surface area contributed by atoms with Gasteiger partial charge in [0.2, 0.25) is 0 Å². The normalized spacial score (nSPS) is 16.8. The molecule has 134 valence electrons. The number of halogens is 1. The van der Waals surface area contributed by atoms with Crippen molar-refractivity contribution in [3.63, 3.8) is 0 Å². The number of carbonyl (C=O) groups excluding carboxylic acids is 1. The molecule has 1 aromatic carbocycles. The number of hydroxylamine groups is 1. The molecule has 0 saturated heterocycles. The summed E-state index contributed by atoms with van der Waals surface area (Å²) in [5.41, 5.74) is 0.270. The van der Waals surface area contributed by atoms with E-state index in [-0.39, 0.29) is 27.4 Å². The lowest BCUT2D eigenvalue weighted by Crippen LogP contribution is -2.34. The third-order valence-electron chi connectivity index (χ3n) is 4.26. The fourth-order valence-corrected chi connectivity index (χ4v) is 4.24. The summed E-state index contributed by atoms with van der Waals surface area (Å²) in [6, 6.07) is 4.37. The van der Waals surface area contributed by atoms with E-state index in [9.17, 15) is 13.2 Å². The molecule has 2 rings (SSSR count). The van der Waals surface area contributed by atoms with E-state index in [1.807, 2.05) is 0 Å². The van der Waals surface area contributed by atoms with Crippen molar-refractivity contribution in [3.05, 3.63) is 28.8 Å². The first kappa shape index (κ1) is 19.2. The van der Waals surface area contributed by atoms with Gasteiger partial charge in [-0.05, 0) is 31.0 Å². The highest BCUT2D eigenvalue weighted by Crippen LogP contribution is 2.26. The Morgan fingerprint density at radius 1 is 1.25 bits per heavy atom. The summed E-state index contributed by atoms with van der Waals surface area (Å²) in [6.07, 6.45) is 6.50. The van der Waals surface area contributed by atoms with Gasteiger partial charge in [0.25, 0.3) is 15.9 Å². The molecule has 1 aliphatic carbocycles. The number of hydrogen-bond donors (Lipinski definition) is 1. The molecule has 0 unspecified atom stereocenters. The van der Waals surface area contributed by atoms with E-state index in [4.69, 9.17) is 16.4 Å². The highest BCUT2D eigenvalue weighted by Gasteiger charge is 2.25. The zero-order valence-electron chi connectivity index (χ0n) is 13.9. The molecule has 0 aromatic heterocycles. The van der Waals surface area contributed by atoms with Crippen molar-refractivity contribution in [2.75, 3.05) is 14.2 Å². The maximum atomic E-state index is 12.5. The van der Waals surface area contributed by atoms with Crippen LogP contribution in [0.15, 0.2) is 23.1 Å². The summed E-state index contributed by atoms with van der Waals surface area (Å²) in [7, 11) is -1.40. The van der Waals surface area contributed by atoms with Gasteiger partial charge in [0.05, 0.1) is 12.1 Å². The molecule has 1 amide bonds. The van der Waals surface area contributed by atoms with Crippen molar-refractivity contribution in [1.29, 1.82) is 0 Å². The van der Waals surface area contributed by atoms with Crippen LogP contribution in [0.4, 0.5) is 0 Å². The van der Waals surface area contributed by atoms with Crippen molar-refractivity contribution >= 4 is 27.5 Å². The number of rotatable bonds is 5. The van der Waals surface area contributed by atoms with Crippen LogP contribution in [-0.4, -0.2) is 39.0 Å². The van der Waals surface area contributed by atoms with Crippen LogP contribution in [0.2, 0.25) is 5.02 Å². The molecule has 0 atom stereocenters. The van der Waals surface area contributed by atoms with Crippen LogP contribution in [0.5, 0.6) is 0 Å². The Bertz CT molecular complexity index is 685. The summed E-state index contributed by atoms with van der Waals surface area (Å²) in [6.45, 7) is 0. The van der Waals surface area contributed by atoms with Crippen LogP contribution < -0.4 is 5.32 Å². The van der Waals surface area contributed by atoms with Crippen LogP contribution >= 0.6 is 11.6 Å². The second kappa shape index (κ2) is 8.29. The molecule has 0 spiro atoms. The first-order chi connectivity index (χ1) is 11.4. The minimum absolute atomic E-state index is 0.0462. The van der Waals surface area contributed by atoms with E-state index in [1.165, 1.54) is 45.2 Å². The number of benzene rings is 1. The zero-order valence-corrected chi connectivity index (χ0v) is 15.5. The first-order valence-corrected chi connectivity index (χ1v) is 9.81. The maximum absolute atomic E-state index is 12.5. The van der Waals surface area contributed by atoms with Crippen molar-refractivity contribution in [2.45, 2.75) is 49.5 Å². The molecule has 1 aliphatic rings. The number of nitrogens with one attached hydrogen (secondary N) is 1. The smallest absolute Gasteiger partial charge is 0.266 e. The van der Waals surface area contributed by atoms with Gasteiger partial charge in [-0.3, -0.25) is 9.63 Å². The third-order valence-corrected chi connectivity index (χ3v) is 6.42. The molecule has 0 bridgehead atoms. The maximum Gasteiger partial charge on any atom is 0.266 e. The molecule has 1 saturated carbocycles. The summed E-state index contributed by atoms with van der Waals surface area (Å²) in [4.78, 5) is 17.1. The Hall–Kier alpha value is -1.15. The third kappa shape index (κ3) is 4.47. The van der Waals surface area contributed by atoms with Gasteiger partial charge in [0.15, 0.2) is 0 Å². The van der Waals surface area contributed by atoms with Gasteiger partial charge in [-0.15, -0.1) is 0 Å². The lowest BCUT2D eigenvalue weighted by atomic mass is 10.1. The number of sulfonamides is 1. The second-order valence-corrected chi connectivity index (χ2v) is 8.22.